The molecule has 0 aliphatic carbocycles. The van der Waals surface area contributed by atoms with Gasteiger partial charge in [-0.05, 0) is 43.8 Å². The molecule has 1 heterocycles. The third-order valence-electron chi connectivity index (χ3n) is 3.50. The maximum Gasteiger partial charge on any atom is 0.102 e. The highest BCUT2D eigenvalue weighted by atomic mass is 32.2. The minimum Gasteiger partial charge on any atom is -0.382 e. The van der Waals surface area contributed by atoms with Crippen molar-refractivity contribution in [3.63, 3.8) is 0 Å². The summed E-state index contributed by atoms with van der Waals surface area (Å²) in [6.07, 6.45) is 2.56. The molecule has 4 nitrogen and oxygen atoms in total. The Labute approximate surface area is 131 Å². The van der Waals surface area contributed by atoms with Gasteiger partial charge in [-0.2, -0.15) is 5.26 Å². The number of thioether (sulfide) groups is 1. The van der Waals surface area contributed by atoms with E-state index in [9.17, 15) is 5.26 Å². The monoisotopic (exact) mass is 305 g/mol. The standard InChI is InChI=1S/C16H23N3OS/c1-2-21-16-5-3-4-15(14(16)12-17)19-10-11-20-13-6-8-18-9-7-13/h3-5,13,18-19H,2,6-11H2,1H3. The molecule has 0 unspecified atom stereocenters. The van der Waals surface area contributed by atoms with Crippen molar-refractivity contribution < 1.29 is 4.74 Å². The predicted molar refractivity (Wildman–Crippen MR) is 87.9 cm³/mol. The molecular weight excluding hydrogens is 282 g/mol. The molecule has 2 N–H and O–H groups in total. The Hall–Kier alpha value is -1.22. The van der Waals surface area contributed by atoms with Crippen LogP contribution in [0.25, 0.3) is 0 Å². The molecule has 1 aromatic rings. The van der Waals surface area contributed by atoms with Crippen LogP contribution in [0.5, 0.6) is 0 Å². The molecule has 5 heteroatoms. The summed E-state index contributed by atoms with van der Waals surface area (Å²) < 4.78 is 5.87. The summed E-state index contributed by atoms with van der Waals surface area (Å²) in [5.74, 6) is 0.969. The van der Waals surface area contributed by atoms with E-state index in [0.29, 0.717) is 12.7 Å². The highest BCUT2D eigenvalue weighted by Gasteiger charge is 2.13. The zero-order valence-electron chi connectivity index (χ0n) is 12.5. The van der Waals surface area contributed by atoms with E-state index in [0.717, 1.165) is 54.4 Å². The molecular formula is C16H23N3OS. The third kappa shape index (κ3) is 4.92. The van der Waals surface area contributed by atoms with Crippen LogP contribution in [-0.2, 0) is 4.74 Å². The second-order valence-corrected chi connectivity index (χ2v) is 6.28. The van der Waals surface area contributed by atoms with Gasteiger partial charge < -0.3 is 15.4 Å². The number of hydrogen-bond donors (Lipinski definition) is 2. The van der Waals surface area contributed by atoms with E-state index in [2.05, 4.69) is 23.6 Å². The number of benzene rings is 1. The van der Waals surface area contributed by atoms with E-state index >= 15 is 0 Å². The zero-order chi connectivity index (χ0) is 14.9. The zero-order valence-corrected chi connectivity index (χ0v) is 13.3. The predicted octanol–water partition coefficient (Wildman–Crippen LogP) is 2.85. The minimum absolute atomic E-state index is 0.380. The maximum absolute atomic E-state index is 9.34. The van der Waals surface area contributed by atoms with Gasteiger partial charge in [0, 0.05) is 11.4 Å². The van der Waals surface area contributed by atoms with Crippen molar-refractivity contribution >= 4 is 17.4 Å². The summed E-state index contributed by atoms with van der Waals surface area (Å²) >= 11 is 1.70. The number of piperidine rings is 1. The normalized spacial score (nSPS) is 15.6. The second kappa shape index (κ2) is 8.93. The van der Waals surface area contributed by atoms with E-state index < -0.39 is 0 Å². The number of nitrogens with zero attached hydrogens (tertiary/aromatic N) is 1. The van der Waals surface area contributed by atoms with Crippen molar-refractivity contribution in [3.05, 3.63) is 23.8 Å². The lowest BCUT2D eigenvalue weighted by atomic mass is 10.1. The van der Waals surface area contributed by atoms with Crippen LogP contribution in [0.3, 0.4) is 0 Å². The highest BCUT2D eigenvalue weighted by Crippen LogP contribution is 2.27. The molecule has 1 fully saturated rings. The van der Waals surface area contributed by atoms with E-state index in [-0.39, 0.29) is 0 Å². The average molecular weight is 305 g/mol. The largest absolute Gasteiger partial charge is 0.382 e. The first-order chi connectivity index (χ1) is 10.3. The molecule has 1 aromatic carbocycles. The van der Waals surface area contributed by atoms with Gasteiger partial charge in [0.1, 0.15) is 6.07 Å². The van der Waals surface area contributed by atoms with Crippen LogP contribution in [0.4, 0.5) is 5.69 Å². The quantitative estimate of drug-likeness (QED) is 0.599. The first kappa shape index (κ1) is 16.2. The van der Waals surface area contributed by atoms with Gasteiger partial charge >= 0.3 is 0 Å². The SMILES string of the molecule is CCSc1cccc(NCCOC2CCNCC2)c1C#N. The summed E-state index contributed by atoms with van der Waals surface area (Å²) in [6.45, 7) is 5.61. The molecule has 0 amide bonds. The smallest absolute Gasteiger partial charge is 0.102 e. The Bertz CT molecular complexity index is 481. The van der Waals surface area contributed by atoms with Crippen LogP contribution in [0, 0.1) is 11.3 Å². The second-order valence-electron chi connectivity index (χ2n) is 4.97. The van der Waals surface area contributed by atoms with Crippen LogP contribution >= 0.6 is 11.8 Å². The summed E-state index contributed by atoms with van der Waals surface area (Å²) in [5.41, 5.74) is 1.65. The first-order valence-electron chi connectivity index (χ1n) is 7.57. The molecule has 0 bridgehead atoms. The number of nitrogens with one attached hydrogen (secondary N) is 2. The van der Waals surface area contributed by atoms with Crippen LogP contribution in [-0.4, -0.2) is 38.1 Å². The molecule has 0 saturated carbocycles. The number of anilines is 1. The van der Waals surface area contributed by atoms with Gasteiger partial charge in [-0.3, -0.25) is 0 Å². The van der Waals surface area contributed by atoms with Crippen molar-refractivity contribution in [2.45, 2.75) is 30.8 Å². The van der Waals surface area contributed by atoms with Crippen LogP contribution in [0.15, 0.2) is 23.1 Å². The van der Waals surface area contributed by atoms with Gasteiger partial charge in [0.05, 0.1) is 24.0 Å². The van der Waals surface area contributed by atoms with Crippen molar-refractivity contribution in [2.75, 3.05) is 37.3 Å². The Kier molecular flexibility index (Phi) is 6.87. The van der Waals surface area contributed by atoms with Gasteiger partial charge in [0.2, 0.25) is 0 Å². The maximum atomic E-state index is 9.34. The Morgan fingerprint density at radius 1 is 1.43 bits per heavy atom. The Balaban J connectivity index is 1.82. The number of nitriles is 1. The van der Waals surface area contributed by atoms with Crippen molar-refractivity contribution in [2.24, 2.45) is 0 Å². The summed E-state index contributed by atoms with van der Waals surface area (Å²) in [4.78, 5) is 1.05. The fourth-order valence-electron chi connectivity index (χ4n) is 2.44. The van der Waals surface area contributed by atoms with Gasteiger partial charge in [-0.15, -0.1) is 11.8 Å². The molecule has 1 saturated heterocycles. The molecule has 2 rings (SSSR count). The van der Waals surface area contributed by atoms with E-state index in [4.69, 9.17) is 4.74 Å². The average Bonchev–Trinajstić information content (AvgIpc) is 2.53. The molecule has 21 heavy (non-hydrogen) atoms. The number of rotatable bonds is 7. The van der Waals surface area contributed by atoms with Crippen molar-refractivity contribution in [1.82, 2.24) is 5.32 Å². The fraction of sp³-hybridized carbons (Fsp3) is 0.562. The third-order valence-corrected chi connectivity index (χ3v) is 4.44. The van der Waals surface area contributed by atoms with Gasteiger partial charge in [0.15, 0.2) is 0 Å². The molecule has 1 aliphatic heterocycles. The topological polar surface area (TPSA) is 57.1 Å². The minimum atomic E-state index is 0.380. The van der Waals surface area contributed by atoms with Crippen LogP contribution in [0.1, 0.15) is 25.3 Å². The van der Waals surface area contributed by atoms with E-state index in [1.165, 1.54) is 0 Å². The summed E-state index contributed by atoms with van der Waals surface area (Å²) in [5, 5.41) is 16.0. The van der Waals surface area contributed by atoms with E-state index in [1.54, 1.807) is 11.8 Å². The van der Waals surface area contributed by atoms with Crippen molar-refractivity contribution in [1.29, 1.82) is 5.26 Å². The molecule has 0 aromatic heterocycles. The molecule has 0 radical (unpaired) electrons. The fourth-order valence-corrected chi connectivity index (χ4v) is 3.23. The van der Waals surface area contributed by atoms with E-state index in [1.807, 2.05) is 18.2 Å². The Morgan fingerprint density at radius 2 is 2.24 bits per heavy atom. The van der Waals surface area contributed by atoms with Crippen LogP contribution < -0.4 is 10.6 Å². The van der Waals surface area contributed by atoms with Gasteiger partial charge in [0.25, 0.3) is 0 Å². The van der Waals surface area contributed by atoms with Gasteiger partial charge in [-0.25, -0.2) is 0 Å². The van der Waals surface area contributed by atoms with Gasteiger partial charge in [-0.1, -0.05) is 13.0 Å². The summed E-state index contributed by atoms with van der Waals surface area (Å²) in [6, 6.07) is 8.27. The lowest BCUT2D eigenvalue weighted by Crippen LogP contribution is -2.33. The molecule has 114 valence electrons. The molecule has 0 atom stereocenters. The van der Waals surface area contributed by atoms with Crippen molar-refractivity contribution in [3.8, 4) is 6.07 Å². The number of hydrogen-bond acceptors (Lipinski definition) is 5. The highest BCUT2D eigenvalue weighted by molar-refractivity contribution is 7.99. The Morgan fingerprint density at radius 3 is 2.95 bits per heavy atom. The lowest BCUT2D eigenvalue weighted by Gasteiger charge is -2.23. The lowest BCUT2D eigenvalue weighted by molar-refractivity contribution is 0.0394. The summed E-state index contributed by atoms with van der Waals surface area (Å²) in [7, 11) is 0. The number of ether oxygens (including phenoxy) is 1. The molecule has 0 spiro atoms. The van der Waals surface area contributed by atoms with Crippen LogP contribution in [0.2, 0.25) is 0 Å². The first-order valence-corrected chi connectivity index (χ1v) is 8.55. The molecule has 1 aliphatic rings.